The largest absolute Gasteiger partial charge is 0.493 e. The molecule has 1 amide bonds. The molecule has 0 bridgehead atoms. The number of hydrogen-bond donors (Lipinski definition) is 1. The number of hydrogen-bond acceptors (Lipinski definition) is 5. The maximum absolute atomic E-state index is 13.5. The summed E-state index contributed by atoms with van der Waals surface area (Å²) in [5, 5.41) is 3.48. The van der Waals surface area contributed by atoms with E-state index in [4.69, 9.17) is 14.2 Å². The summed E-state index contributed by atoms with van der Waals surface area (Å²) in [7, 11) is 4.59. The van der Waals surface area contributed by atoms with E-state index in [1.807, 2.05) is 24.3 Å². The first-order chi connectivity index (χ1) is 12.8. The Kier molecular flexibility index (Phi) is 5.24. The zero-order valence-corrected chi connectivity index (χ0v) is 17.6. The zero-order valence-electron chi connectivity index (χ0n) is 16.1. The summed E-state index contributed by atoms with van der Waals surface area (Å²) in [5.41, 5.74) is 1.93. The molecule has 1 heterocycles. The van der Waals surface area contributed by atoms with E-state index < -0.39 is 0 Å². The van der Waals surface area contributed by atoms with E-state index in [0.29, 0.717) is 33.8 Å². The molecule has 1 N–H and O–H groups in total. The summed E-state index contributed by atoms with van der Waals surface area (Å²) >= 11 is 3.51. The van der Waals surface area contributed by atoms with Crippen molar-refractivity contribution in [2.75, 3.05) is 38.1 Å². The minimum Gasteiger partial charge on any atom is -0.493 e. The molecule has 3 rings (SSSR count). The Morgan fingerprint density at radius 2 is 1.78 bits per heavy atom. The zero-order chi connectivity index (χ0) is 19.8. The van der Waals surface area contributed by atoms with Crippen LogP contribution >= 0.6 is 15.9 Å². The van der Waals surface area contributed by atoms with Crippen LogP contribution in [-0.2, 0) is 0 Å². The van der Waals surface area contributed by atoms with Gasteiger partial charge in [-0.15, -0.1) is 0 Å². The van der Waals surface area contributed by atoms with Crippen molar-refractivity contribution in [3.8, 4) is 17.2 Å². The first-order valence-electron chi connectivity index (χ1n) is 8.50. The van der Waals surface area contributed by atoms with Crippen LogP contribution in [0.5, 0.6) is 17.2 Å². The van der Waals surface area contributed by atoms with Gasteiger partial charge in [0.15, 0.2) is 11.5 Å². The number of fused-ring (bicyclic) bond motifs is 1. The molecule has 2 aromatic rings. The summed E-state index contributed by atoms with van der Waals surface area (Å²) in [4.78, 5) is 15.3. The van der Waals surface area contributed by atoms with Gasteiger partial charge in [-0.25, -0.2) is 0 Å². The molecule has 0 aliphatic carbocycles. The van der Waals surface area contributed by atoms with Crippen LogP contribution in [0, 0.1) is 0 Å². The molecule has 0 saturated heterocycles. The smallest absolute Gasteiger partial charge is 0.259 e. The fourth-order valence-electron chi connectivity index (χ4n) is 3.30. The second-order valence-corrected chi connectivity index (χ2v) is 7.72. The third-order valence-corrected chi connectivity index (χ3v) is 5.25. The number of ether oxygens (including phenoxy) is 3. The van der Waals surface area contributed by atoms with Gasteiger partial charge in [0.2, 0.25) is 5.75 Å². The third kappa shape index (κ3) is 3.43. The van der Waals surface area contributed by atoms with E-state index in [1.165, 1.54) is 21.3 Å². The van der Waals surface area contributed by atoms with Gasteiger partial charge in [-0.3, -0.25) is 4.79 Å². The quantitative estimate of drug-likeness (QED) is 0.775. The summed E-state index contributed by atoms with van der Waals surface area (Å²) in [5.74, 6) is 1.14. The number of amides is 1. The first kappa shape index (κ1) is 19.4. The standard InChI is InChI=1S/C20H23BrN2O4/c1-20(2)11-23(14-9-7-6-8-13(14)22-20)19(24)12-10-15(25-3)17(26-4)18(27-5)16(12)21/h6-10,22H,11H2,1-5H3. The second kappa shape index (κ2) is 7.31. The molecule has 0 radical (unpaired) electrons. The Morgan fingerprint density at radius 1 is 1.11 bits per heavy atom. The lowest BCUT2D eigenvalue weighted by Gasteiger charge is -2.41. The summed E-state index contributed by atoms with van der Waals surface area (Å²) < 4.78 is 16.8. The van der Waals surface area contributed by atoms with Gasteiger partial charge in [0.05, 0.1) is 42.7 Å². The third-order valence-electron chi connectivity index (χ3n) is 4.47. The van der Waals surface area contributed by atoms with Gasteiger partial charge in [0.25, 0.3) is 5.91 Å². The van der Waals surface area contributed by atoms with Gasteiger partial charge in [0, 0.05) is 12.1 Å². The number of anilines is 2. The molecular formula is C20H23BrN2O4. The van der Waals surface area contributed by atoms with E-state index in [9.17, 15) is 4.79 Å². The highest BCUT2D eigenvalue weighted by atomic mass is 79.9. The van der Waals surface area contributed by atoms with Crippen molar-refractivity contribution in [2.45, 2.75) is 19.4 Å². The highest BCUT2D eigenvalue weighted by Gasteiger charge is 2.35. The second-order valence-electron chi connectivity index (χ2n) is 6.92. The van der Waals surface area contributed by atoms with Crippen LogP contribution in [0.2, 0.25) is 0 Å². The number of benzene rings is 2. The van der Waals surface area contributed by atoms with Crippen LogP contribution in [0.1, 0.15) is 24.2 Å². The van der Waals surface area contributed by atoms with Gasteiger partial charge in [-0.05, 0) is 48.0 Å². The van der Waals surface area contributed by atoms with Crippen molar-refractivity contribution in [2.24, 2.45) is 0 Å². The summed E-state index contributed by atoms with van der Waals surface area (Å²) in [6.07, 6.45) is 0. The van der Waals surface area contributed by atoms with Crippen molar-refractivity contribution in [3.05, 3.63) is 40.4 Å². The molecule has 7 heteroatoms. The van der Waals surface area contributed by atoms with Gasteiger partial charge in [-0.2, -0.15) is 0 Å². The van der Waals surface area contributed by atoms with E-state index >= 15 is 0 Å². The number of methoxy groups -OCH3 is 3. The molecule has 27 heavy (non-hydrogen) atoms. The average molecular weight is 435 g/mol. The van der Waals surface area contributed by atoms with Gasteiger partial charge in [0.1, 0.15) is 0 Å². The minimum absolute atomic E-state index is 0.150. The monoisotopic (exact) mass is 434 g/mol. The molecule has 0 spiro atoms. The van der Waals surface area contributed by atoms with Crippen LogP contribution in [0.4, 0.5) is 11.4 Å². The molecule has 6 nitrogen and oxygen atoms in total. The summed E-state index contributed by atoms with van der Waals surface area (Å²) in [6.45, 7) is 4.65. The number of nitrogens with zero attached hydrogens (tertiary/aromatic N) is 1. The normalized spacial score (nSPS) is 14.8. The fraction of sp³-hybridized carbons (Fsp3) is 0.350. The Morgan fingerprint density at radius 3 is 2.41 bits per heavy atom. The number of halogens is 1. The maximum atomic E-state index is 13.5. The molecule has 1 aliphatic heterocycles. The Balaban J connectivity index is 2.14. The molecule has 1 aliphatic rings. The van der Waals surface area contributed by atoms with Gasteiger partial charge in [-0.1, -0.05) is 12.1 Å². The van der Waals surface area contributed by atoms with Crippen LogP contribution in [0.15, 0.2) is 34.8 Å². The summed E-state index contributed by atoms with van der Waals surface area (Å²) in [6, 6.07) is 9.45. The van der Waals surface area contributed by atoms with Crippen LogP contribution in [-0.4, -0.2) is 39.3 Å². The Hall–Kier alpha value is -2.41. The van der Waals surface area contributed by atoms with Crippen molar-refractivity contribution < 1.29 is 19.0 Å². The molecule has 0 saturated carbocycles. The molecular weight excluding hydrogens is 412 g/mol. The molecule has 0 aromatic heterocycles. The van der Waals surface area contributed by atoms with Crippen molar-refractivity contribution in [1.82, 2.24) is 0 Å². The lowest BCUT2D eigenvalue weighted by atomic mass is 9.98. The van der Waals surface area contributed by atoms with Crippen LogP contribution < -0.4 is 24.4 Å². The number of carbonyl (C=O) groups excluding carboxylic acids is 1. The predicted octanol–water partition coefficient (Wildman–Crippen LogP) is 4.33. The Bertz CT molecular complexity index is 883. The highest BCUT2D eigenvalue weighted by molar-refractivity contribution is 9.10. The predicted molar refractivity (Wildman–Crippen MR) is 110 cm³/mol. The lowest BCUT2D eigenvalue weighted by molar-refractivity contribution is 0.0980. The van der Waals surface area contributed by atoms with Crippen LogP contribution in [0.3, 0.4) is 0 Å². The SMILES string of the molecule is COc1cc(C(=O)N2CC(C)(C)Nc3ccccc32)c(Br)c(OC)c1OC. The molecule has 0 unspecified atom stereocenters. The highest BCUT2D eigenvalue weighted by Crippen LogP contribution is 2.46. The average Bonchev–Trinajstić information content (AvgIpc) is 2.65. The van der Waals surface area contributed by atoms with Gasteiger partial charge < -0.3 is 24.4 Å². The van der Waals surface area contributed by atoms with Gasteiger partial charge >= 0.3 is 0 Å². The van der Waals surface area contributed by atoms with E-state index in [-0.39, 0.29) is 11.4 Å². The fourth-order valence-corrected chi connectivity index (χ4v) is 3.93. The number of para-hydroxylation sites is 2. The van der Waals surface area contributed by atoms with E-state index in [0.717, 1.165) is 11.4 Å². The van der Waals surface area contributed by atoms with Crippen molar-refractivity contribution in [3.63, 3.8) is 0 Å². The number of carbonyl (C=O) groups is 1. The molecule has 2 aromatic carbocycles. The number of rotatable bonds is 4. The molecule has 0 fully saturated rings. The van der Waals surface area contributed by atoms with E-state index in [2.05, 4.69) is 35.1 Å². The van der Waals surface area contributed by atoms with Crippen molar-refractivity contribution in [1.29, 1.82) is 0 Å². The van der Waals surface area contributed by atoms with Crippen LogP contribution in [0.25, 0.3) is 0 Å². The molecule has 0 atom stereocenters. The number of nitrogens with one attached hydrogen (secondary N) is 1. The van der Waals surface area contributed by atoms with E-state index in [1.54, 1.807) is 11.0 Å². The minimum atomic E-state index is -0.267. The maximum Gasteiger partial charge on any atom is 0.259 e. The molecule has 144 valence electrons. The lowest BCUT2D eigenvalue weighted by Crippen LogP contribution is -2.50. The Labute approximate surface area is 167 Å². The topological polar surface area (TPSA) is 60.0 Å². The first-order valence-corrected chi connectivity index (χ1v) is 9.29. The van der Waals surface area contributed by atoms with Crippen molar-refractivity contribution >= 4 is 33.2 Å².